The Kier molecular flexibility index (Phi) is 21.0. The number of anilines is 4. The molecule has 2 aliphatic heterocycles. The molecule has 5 heterocycles. The van der Waals surface area contributed by atoms with Crippen LogP contribution in [-0.4, -0.2) is 136 Å². The van der Waals surface area contributed by atoms with E-state index in [1.54, 1.807) is 56.4 Å². The van der Waals surface area contributed by atoms with Gasteiger partial charge in [0.2, 0.25) is 12.6 Å². The number of ether oxygens (including phenoxy) is 8. The molecule has 3 aromatic heterocycles. The molecule has 4 aromatic rings. The Morgan fingerprint density at radius 3 is 1.69 bits per heavy atom. The summed E-state index contributed by atoms with van der Waals surface area (Å²) in [4.78, 5) is 71.5. The third-order valence-electron chi connectivity index (χ3n) is 11.4. The van der Waals surface area contributed by atoms with Crippen molar-refractivity contribution in [3.63, 3.8) is 0 Å². The molecular formula is C53H72N10O12. The summed E-state index contributed by atoms with van der Waals surface area (Å²) >= 11 is 0. The van der Waals surface area contributed by atoms with Crippen LogP contribution < -0.4 is 25.2 Å². The van der Waals surface area contributed by atoms with Crippen molar-refractivity contribution in [2.45, 2.75) is 104 Å². The number of hydrogen-bond acceptors (Lipinski definition) is 17. The smallest absolute Gasteiger partial charge is 0.420 e. The van der Waals surface area contributed by atoms with E-state index in [2.05, 4.69) is 21.7 Å². The van der Waals surface area contributed by atoms with Crippen LogP contribution in [-0.2, 0) is 59.1 Å². The molecule has 75 heavy (non-hydrogen) atoms. The van der Waals surface area contributed by atoms with E-state index in [1.807, 2.05) is 59.7 Å². The molecule has 1 aromatic carbocycles. The Balaban J connectivity index is 0.000000282. The van der Waals surface area contributed by atoms with Crippen molar-refractivity contribution < 1.29 is 57.1 Å². The molecule has 0 saturated carbocycles. The molecule has 2 aliphatic rings. The highest BCUT2D eigenvalue weighted by molar-refractivity contribution is 6.01. The first-order valence-electron chi connectivity index (χ1n) is 24.4. The lowest BCUT2D eigenvalue weighted by molar-refractivity contribution is -0.109. The van der Waals surface area contributed by atoms with Gasteiger partial charge in [0, 0.05) is 81.5 Å². The van der Waals surface area contributed by atoms with Gasteiger partial charge in [0.05, 0.1) is 30.9 Å². The van der Waals surface area contributed by atoms with Gasteiger partial charge in [-0.1, -0.05) is 18.2 Å². The Bertz CT molecular complexity index is 2630. The van der Waals surface area contributed by atoms with Gasteiger partial charge in [-0.25, -0.2) is 34.1 Å². The number of rotatable bonds is 16. The van der Waals surface area contributed by atoms with Gasteiger partial charge in [0.1, 0.15) is 51.9 Å². The summed E-state index contributed by atoms with van der Waals surface area (Å²) in [5.74, 6) is 1.72. The van der Waals surface area contributed by atoms with Crippen LogP contribution in [0.5, 0.6) is 5.75 Å². The molecule has 406 valence electrons. The zero-order valence-electron chi connectivity index (χ0n) is 45.4. The Morgan fingerprint density at radius 2 is 1.23 bits per heavy atom. The fraction of sp³-hybridized carbons (Fsp3) is 0.509. The molecule has 2 N–H and O–H groups in total. The Morgan fingerprint density at radius 1 is 0.733 bits per heavy atom. The molecule has 22 nitrogen and oxygen atoms in total. The number of fused-ring (bicyclic) bond motifs is 2. The molecule has 5 amide bonds. The summed E-state index contributed by atoms with van der Waals surface area (Å²) in [5.41, 5.74) is 3.78. The largest absolute Gasteiger partial charge is 0.444 e. The van der Waals surface area contributed by atoms with Gasteiger partial charge >= 0.3 is 24.3 Å². The number of para-hydroxylation sites is 1. The van der Waals surface area contributed by atoms with Crippen LogP contribution in [0.3, 0.4) is 0 Å². The lowest BCUT2D eigenvalue weighted by Crippen LogP contribution is -2.40. The van der Waals surface area contributed by atoms with Crippen LogP contribution >= 0.6 is 0 Å². The highest BCUT2D eigenvalue weighted by atomic mass is 16.7. The van der Waals surface area contributed by atoms with E-state index in [-0.39, 0.29) is 18.9 Å². The van der Waals surface area contributed by atoms with Gasteiger partial charge in [-0.05, 0) is 114 Å². The number of nitrogens with zero attached hydrogens (tertiary/aromatic N) is 8. The second-order valence-electron chi connectivity index (χ2n) is 19.6. The summed E-state index contributed by atoms with van der Waals surface area (Å²) in [5, 5.41) is 15.4. The number of carbonyl (C=O) groups excluding carboxylic acids is 4. The van der Waals surface area contributed by atoms with Gasteiger partial charge in [0.15, 0.2) is 0 Å². The second kappa shape index (κ2) is 26.9. The van der Waals surface area contributed by atoms with Crippen LogP contribution in [0.2, 0.25) is 0 Å². The summed E-state index contributed by atoms with van der Waals surface area (Å²) in [6.45, 7) is 13.2. The SMILES string of the molecule is COC(OC)c1nc2c(cc1CN(C)C(=O)OC(C)(C)C)CCCN2C(=O)Oc1ccccc1.COCCNc1cc(NC(=O)N2CCCc3cc(CN(C)C(=O)OC(C)(C)C)c(C(OC)OC)nc32)ncc1C#N. The summed E-state index contributed by atoms with van der Waals surface area (Å²) in [7, 11) is 10.9. The molecule has 0 aliphatic carbocycles. The van der Waals surface area contributed by atoms with Gasteiger partial charge in [-0.2, -0.15) is 5.26 Å². The summed E-state index contributed by atoms with van der Waals surface area (Å²) < 4.78 is 43.6. The summed E-state index contributed by atoms with van der Waals surface area (Å²) in [6.07, 6.45) is 1.29. The minimum Gasteiger partial charge on any atom is -0.444 e. The van der Waals surface area contributed by atoms with Crippen molar-refractivity contribution in [3.8, 4) is 11.8 Å². The zero-order chi connectivity index (χ0) is 55.0. The number of carbonyl (C=O) groups is 4. The highest BCUT2D eigenvalue weighted by Crippen LogP contribution is 2.34. The second-order valence-corrected chi connectivity index (χ2v) is 19.6. The van der Waals surface area contributed by atoms with Crippen molar-refractivity contribution in [2.75, 3.05) is 96.3 Å². The third-order valence-corrected chi connectivity index (χ3v) is 11.4. The maximum atomic E-state index is 13.5. The van der Waals surface area contributed by atoms with Crippen LogP contribution in [0.1, 0.15) is 106 Å². The van der Waals surface area contributed by atoms with Crippen LogP contribution in [0.25, 0.3) is 0 Å². The molecule has 0 fully saturated rings. The monoisotopic (exact) mass is 1040 g/mol. The van der Waals surface area contributed by atoms with Crippen molar-refractivity contribution in [1.29, 1.82) is 5.26 Å². The average Bonchev–Trinajstić information content (AvgIpc) is 3.36. The predicted molar refractivity (Wildman–Crippen MR) is 280 cm³/mol. The van der Waals surface area contributed by atoms with Crippen molar-refractivity contribution in [2.24, 2.45) is 0 Å². The Labute approximate surface area is 439 Å². The van der Waals surface area contributed by atoms with Crippen LogP contribution in [0, 0.1) is 11.3 Å². The van der Waals surface area contributed by atoms with Gasteiger partial charge in [-0.3, -0.25) is 15.1 Å². The van der Waals surface area contributed by atoms with E-state index < -0.39 is 48.1 Å². The first-order valence-corrected chi connectivity index (χ1v) is 24.4. The maximum Gasteiger partial charge on any atom is 0.420 e. The van der Waals surface area contributed by atoms with Crippen LogP contribution in [0.4, 0.5) is 42.3 Å². The zero-order valence-corrected chi connectivity index (χ0v) is 45.4. The fourth-order valence-electron chi connectivity index (χ4n) is 7.98. The van der Waals surface area contributed by atoms with Gasteiger partial charge in [0.25, 0.3) is 0 Å². The quantitative estimate of drug-likeness (QED) is 0.0787. The number of pyridine rings is 3. The van der Waals surface area contributed by atoms with Gasteiger partial charge < -0.3 is 53.0 Å². The number of aryl methyl sites for hydroxylation is 2. The van der Waals surface area contributed by atoms with E-state index >= 15 is 0 Å². The molecule has 0 bridgehead atoms. The van der Waals surface area contributed by atoms with Crippen LogP contribution in [0.15, 0.2) is 54.7 Å². The number of amides is 5. The molecule has 22 heteroatoms. The number of benzene rings is 1. The number of nitriles is 1. The van der Waals surface area contributed by atoms with E-state index in [4.69, 9.17) is 47.9 Å². The van der Waals surface area contributed by atoms with E-state index in [1.165, 1.54) is 49.3 Å². The predicted octanol–water partition coefficient (Wildman–Crippen LogP) is 8.74. The molecule has 0 saturated heterocycles. The number of nitrogens with one attached hydrogen (secondary N) is 2. The first-order chi connectivity index (χ1) is 35.6. The summed E-state index contributed by atoms with van der Waals surface area (Å²) in [6, 6.07) is 16.1. The standard InChI is InChI=1S/C28H39N7O6.C25H33N3O6/c1-28(2,3)41-27(37)34(4)17-19-13-18-9-8-11-35(24(18)33-23(19)25(39-6)40-7)26(36)32-22-14-21(30-10-12-38-5)20(15-29)16-31-22;1-25(2,3)34-23(29)27(4)16-18-15-17-11-10-14-28(21(17)26-20(18)22(31-5)32-6)24(30)33-19-12-8-7-9-13-19/h13-14,16,25H,8-12,17H2,1-7H3,(H2,30,31,32,36);7-9,12-13,15,22H,10-11,14,16H2,1-6H3. The number of hydrogen-bond donors (Lipinski definition) is 2. The van der Waals surface area contributed by atoms with E-state index in [9.17, 15) is 24.4 Å². The molecule has 0 radical (unpaired) electrons. The van der Waals surface area contributed by atoms with E-state index in [0.717, 1.165) is 29.5 Å². The highest BCUT2D eigenvalue weighted by Gasteiger charge is 2.32. The Hall–Kier alpha value is -7.16. The average molecular weight is 1040 g/mol. The molecular weight excluding hydrogens is 969 g/mol. The molecule has 6 rings (SSSR count). The fourth-order valence-corrected chi connectivity index (χ4v) is 7.98. The lowest BCUT2D eigenvalue weighted by Gasteiger charge is -2.31. The third kappa shape index (κ3) is 16.4. The minimum absolute atomic E-state index is 0.202. The molecule has 0 spiro atoms. The minimum atomic E-state index is -0.824. The number of aromatic nitrogens is 3. The maximum absolute atomic E-state index is 13.5. The first kappa shape index (κ1) is 58.7. The van der Waals surface area contributed by atoms with Crippen molar-refractivity contribution in [1.82, 2.24) is 24.8 Å². The lowest BCUT2D eigenvalue weighted by atomic mass is 10.0. The normalized spacial score (nSPS) is 13.1. The van der Waals surface area contributed by atoms with E-state index in [0.29, 0.717) is 84.7 Å². The van der Waals surface area contributed by atoms with Gasteiger partial charge in [-0.15, -0.1) is 0 Å². The van der Waals surface area contributed by atoms with Crippen molar-refractivity contribution >= 4 is 47.5 Å². The van der Waals surface area contributed by atoms with Crippen molar-refractivity contribution in [3.05, 3.63) is 93.9 Å². The topological polar surface area (TPSA) is 242 Å². The number of urea groups is 1. The molecule has 0 atom stereocenters. The molecule has 0 unspecified atom stereocenters. The number of methoxy groups -OCH3 is 5.